The van der Waals surface area contributed by atoms with Crippen LogP contribution < -0.4 is 10.6 Å². The zero-order valence-electron chi connectivity index (χ0n) is 12.1. The maximum Gasteiger partial charge on any atom is 0.196 e. The van der Waals surface area contributed by atoms with E-state index in [1.807, 2.05) is 72.8 Å². The molecule has 0 spiro atoms. The van der Waals surface area contributed by atoms with Crippen LogP contribution >= 0.6 is 29.5 Å². The SMILES string of the molecule is [C-]#[N+]C1=CC(I)=CC(C#N)=P1(c1ccccc1)c1ccccc1. The Balaban J connectivity index is 2.55. The molecule has 0 fully saturated rings. The lowest BCUT2D eigenvalue weighted by Gasteiger charge is -2.30. The summed E-state index contributed by atoms with van der Waals surface area (Å²) >= 11 is 2.18. The first-order valence-corrected chi connectivity index (χ1v) is 9.85. The van der Waals surface area contributed by atoms with Gasteiger partial charge in [-0.3, -0.25) is 0 Å². The number of nitrogens with zero attached hydrogens (tertiary/aromatic N) is 2. The summed E-state index contributed by atoms with van der Waals surface area (Å²) in [6, 6.07) is 22.3. The Morgan fingerprint density at radius 1 is 0.913 bits per heavy atom. The zero-order valence-corrected chi connectivity index (χ0v) is 15.2. The van der Waals surface area contributed by atoms with Crippen LogP contribution in [-0.2, 0) is 0 Å². The quantitative estimate of drug-likeness (QED) is 0.397. The number of rotatable bonds is 2. The molecule has 2 aromatic rings. The zero-order chi connectivity index (χ0) is 16.3. The van der Waals surface area contributed by atoms with Crippen LogP contribution in [0.25, 0.3) is 4.85 Å². The molecular weight excluding hydrogens is 414 g/mol. The fourth-order valence-electron chi connectivity index (χ4n) is 2.82. The van der Waals surface area contributed by atoms with E-state index in [0.717, 1.165) is 14.2 Å². The van der Waals surface area contributed by atoms with Gasteiger partial charge in [0, 0.05) is 10.5 Å². The van der Waals surface area contributed by atoms with Crippen molar-refractivity contribution < 1.29 is 0 Å². The van der Waals surface area contributed by atoms with Crippen LogP contribution in [0.2, 0.25) is 0 Å². The van der Waals surface area contributed by atoms with Gasteiger partial charge in [-0.2, -0.15) is 5.26 Å². The molecule has 1 heterocycles. The monoisotopic (exact) mass is 426 g/mol. The van der Waals surface area contributed by atoms with Crippen molar-refractivity contribution >= 4 is 45.4 Å². The second-order valence-electron chi connectivity index (χ2n) is 4.98. The summed E-state index contributed by atoms with van der Waals surface area (Å²) in [7, 11) is 0. The van der Waals surface area contributed by atoms with Gasteiger partial charge in [-0.15, -0.1) is 0 Å². The molecule has 0 aromatic heterocycles. The number of allylic oxidation sites excluding steroid dienone is 3. The van der Waals surface area contributed by atoms with E-state index in [-0.39, 0.29) is 0 Å². The van der Waals surface area contributed by atoms with Crippen LogP contribution in [0.3, 0.4) is 0 Å². The van der Waals surface area contributed by atoms with Crippen molar-refractivity contribution in [3.63, 3.8) is 0 Å². The summed E-state index contributed by atoms with van der Waals surface area (Å²) in [6.07, 6.45) is 3.84. The summed E-state index contributed by atoms with van der Waals surface area (Å²) in [5.41, 5.74) is 0.665. The molecular formula is C19H12IN2P. The molecule has 0 saturated carbocycles. The van der Waals surface area contributed by atoms with Crippen molar-refractivity contribution in [3.05, 3.63) is 93.3 Å². The minimum atomic E-state index is -2.37. The Morgan fingerprint density at radius 3 is 1.87 bits per heavy atom. The van der Waals surface area contributed by atoms with Crippen LogP contribution in [0, 0.1) is 17.9 Å². The smallest absolute Gasteiger partial charge is 0.196 e. The molecule has 0 N–H and O–H groups in total. The first kappa shape index (κ1) is 15.8. The molecule has 0 amide bonds. The van der Waals surface area contributed by atoms with Crippen LogP contribution in [-0.4, -0.2) is 5.29 Å². The largest absolute Gasteiger partial charge is 0.237 e. The highest BCUT2D eigenvalue weighted by molar-refractivity contribution is 14.1. The third-order valence-corrected chi connectivity index (χ3v) is 8.40. The lowest BCUT2D eigenvalue weighted by atomic mass is 10.3. The van der Waals surface area contributed by atoms with E-state index >= 15 is 0 Å². The highest BCUT2D eigenvalue weighted by Crippen LogP contribution is 2.57. The normalized spacial score (nSPS) is 15.9. The Bertz CT molecular complexity index is 899. The van der Waals surface area contributed by atoms with E-state index in [1.54, 1.807) is 0 Å². The standard InChI is InChI=1S/C19H12IN2P/c1-22-19-13-15(20)12-18(14-21)23(19,16-8-4-2-5-9-16)17-10-6-3-7-11-17/h2-13H. The van der Waals surface area contributed by atoms with Crippen LogP contribution in [0.1, 0.15) is 0 Å². The summed E-state index contributed by atoms with van der Waals surface area (Å²) in [5.74, 6) is 0. The minimum absolute atomic E-state index is 0.665. The van der Waals surface area contributed by atoms with E-state index in [9.17, 15) is 5.26 Å². The molecule has 0 saturated heterocycles. The molecule has 0 aliphatic carbocycles. The fourth-order valence-corrected chi connectivity index (χ4v) is 7.76. The molecule has 1 aliphatic rings. The van der Waals surface area contributed by atoms with E-state index in [4.69, 9.17) is 6.57 Å². The molecule has 0 unspecified atom stereocenters. The van der Waals surface area contributed by atoms with Crippen LogP contribution in [0.15, 0.2) is 81.8 Å². The van der Waals surface area contributed by atoms with Gasteiger partial charge in [-0.05, 0) is 45.4 Å². The van der Waals surface area contributed by atoms with Crippen LogP contribution in [0.5, 0.6) is 0 Å². The van der Waals surface area contributed by atoms with Gasteiger partial charge in [-0.25, -0.2) is 4.85 Å². The number of benzene rings is 2. The lowest BCUT2D eigenvalue weighted by Crippen LogP contribution is -2.23. The highest BCUT2D eigenvalue weighted by atomic mass is 127. The van der Waals surface area contributed by atoms with Crippen molar-refractivity contribution in [2.45, 2.75) is 0 Å². The maximum absolute atomic E-state index is 9.84. The second kappa shape index (κ2) is 6.59. The van der Waals surface area contributed by atoms with Gasteiger partial charge in [-0.1, -0.05) is 60.7 Å². The average molecular weight is 426 g/mol. The van der Waals surface area contributed by atoms with Crippen molar-refractivity contribution in [2.24, 2.45) is 0 Å². The number of hydrogen-bond acceptors (Lipinski definition) is 1. The molecule has 4 heteroatoms. The van der Waals surface area contributed by atoms with Crippen molar-refractivity contribution in [1.29, 1.82) is 5.26 Å². The van der Waals surface area contributed by atoms with E-state index in [2.05, 4.69) is 33.5 Å². The molecule has 0 bridgehead atoms. The van der Waals surface area contributed by atoms with Crippen molar-refractivity contribution in [1.82, 2.24) is 0 Å². The van der Waals surface area contributed by atoms with Crippen LogP contribution in [0.4, 0.5) is 0 Å². The van der Waals surface area contributed by atoms with Gasteiger partial charge in [0.1, 0.15) is 0 Å². The van der Waals surface area contributed by atoms with Gasteiger partial charge < -0.3 is 0 Å². The molecule has 3 rings (SSSR count). The Hall–Kier alpha value is -2.07. The van der Waals surface area contributed by atoms with Crippen molar-refractivity contribution in [2.75, 3.05) is 0 Å². The van der Waals surface area contributed by atoms with Gasteiger partial charge in [0.25, 0.3) is 0 Å². The summed E-state index contributed by atoms with van der Waals surface area (Å²) < 4.78 is 0.924. The third kappa shape index (κ3) is 2.57. The Labute approximate surface area is 149 Å². The lowest BCUT2D eigenvalue weighted by molar-refractivity contribution is 1.55. The average Bonchev–Trinajstić information content (AvgIpc) is 2.62. The third-order valence-electron chi connectivity index (χ3n) is 3.76. The topological polar surface area (TPSA) is 28.1 Å². The molecule has 0 radical (unpaired) electrons. The molecule has 1 aliphatic heterocycles. The van der Waals surface area contributed by atoms with E-state index in [1.165, 1.54) is 0 Å². The summed E-state index contributed by atoms with van der Waals surface area (Å²) in [6.45, 7) is 5.37. The minimum Gasteiger partial charge on any atom is -0.237 e. The number of hydrogen-bond donors (Lipinski definition) is 0. The van der Waals surface area contributed by atoms with Crippen molar-refractivity contribution in [3.8, 4) is 6.07 Å². The molecule has 0 atom stereocenters. The van der Waals surface area contributed by atoms with E-state index in [0.29, 0.717) is 10.7 Å². The highest BCUT2D eigenvalue weighted by Gasteiger charge is 2.34. The molecule has 2 aromatic carbocycles. The second-order valence-corrected chi connectivity index (χ2v) is 9.54. The predicted octanol–water partition coefficient (Wildman–Crippen LogP) is 4.44. The van der Waals surface area contributed by atoms with Gasteiger partial charge in [0.05, 0.1) is 17.9 Å². The first-order valence-electron chi connectivity index (χ1n) is 6.98. The Kier molecular flexibility index (Phi) is 4.53. The Morgan fingerprint density at radius 2 is 1.43 bits per heavy atom. The van der Waals surface area contributed by atoms with Gasteiger partial charge in [0.2, 0.25) is 0 Å². The predicted molar refractivity (Wildman–Crippen MR) is 106 cm³/mol. The maximum atomic E-state index is 9.84. The molecule has 23 heavy (non-hydrogen) atoms. The van der Waals surface area contributed by atoms with Gasteiger partial charge in [0.15, 0.2) is 5.44 Å². The molecule has 2 nitrogen and oxygen atoms in total. The summed E-state index contributed by atoms with van der Waals surface area (Å²) in [5, 5.41) is 12.6. The number of halogens is 1. The summed E-state index contributed by atoms with van der Waals surface area (Å²) in [4.78, 5) is 3.85. The van der Waals surface area contributed by atoms with E-state index < -0.39 is 6.89 Å². The fraction of sp³-hybridized carbons (Fsp3) is 0. The first-order chi connectivity index (χ1) is 11.2. The van der Waals surface area contributed by atoms with Gasteiger partial charge >= 0.3 is 0 Å². The number of nitriles is 1. The molecule has 110 valence electrons.